The van der Waals surface area contributed by atoms with Gasteiger partial charge in [-0.3, -0.25) is 14.9 Å². The summed E-state index contributed by atoms with van der Waals surface area (Å²) >= 11 is 2.53. The van der Waals surface area contributed by atoms with Crippen molar-refractivity contribution in [3.63, 3.8) is 0 Å². The van der Waals surface area contributed by atoms with Gasteiger partial charge in [-0.1, -0.05) is 58.2 Å². The summed E-state index contributed by atoms with van der Waals surface area (Å²) in [7, 11) is 1.48. The molecule has 3 aromatic heterocycles. The van der Waals surface area contributed by atoms with Gasteiger partial charge in [-0.15, -0.1) is 25.5 Å². The van der Waals surface area contributed by atoms with E-state index in [-0.39, 0.29) is 30.7 Å². The second-order valence-corrected chi connectivity index (χ2v) is 12.9. The zero-order valence-electron chi connectivity index (χ0n) is 25.9. The molecule has 1 atom stereocenters. The summed E-state index contributed by atoms with van der Waals surface area (Å²) in [4.78, 5) is 27.4. The minimum Gasteiger partial charge on any atom is -0.367 e. The molecular formula is C30H30F3N11O3S2. The lowest BCUT2D eigenvalue weighted by atomic mass is 10.1. The number of benzene rings is 2. The Morgan fingerprint density at radius 2 is 1.61 bits per heavy atom. The van der Waals surface area contributed by atoms with Gasteiger partial charge in [0.25, 0.3) is 5.91 Å². The fourth-order valence-corrected chi connectivity index (χ4v) is 6.61. The molecule has 1 fully saturated rings. The first kappa shape index (κ1) is 33.9. The number of aryl methyl sites for hydroxylation is 1. The molecule has 0 radical (unpaired) electrons. The van der Waals surface area contributed by atoms with Crippen molar-refractivity contribution in [1.29, 1.82) is 0 Å². The number of alkyl halides is 3. The molecule has 2 amide bonds. The molecule has 256 valence electrons. The standard InChI is InChI=1S/C30H30F3N11O3S2/c1-47-24(18-5-3-2-4-6-18)25(46)36-28-39-38-26(48-28)34-20-13-15-43(16-14-20)29-41-40-27(49-29)35-23(45)12-9-21-17-44(42-37-21)22-10-7-19(8-11-22)30(31,32)33/h2-8,10-11,17,20,24H,9,12-16H2,1H3,(H,34,38)(H,35,40,45)(H,36,39,46)/t24-/m0/s1. The van der Waals surface area contributed by atoms with Crippen LogP contribution in [0.1, 0.15) is 42.2 Å². The third-order valence-electron chi connectivity index (χ3n) is 7.59. The number of hydrogen-bond acceptors (Lipinski definition) is 13. The molecule has 0 unspecified atom stereocenters. The van der Waals surface area contributed by atoms with Crippen molar-refractivity contribution in [2.75, 3.05) is 41.0 Å². The number of piperidine rings is 1. The van der Waals surface area contributed by atoms with Crippen LogP contribution in [0.3, 0.4) is 0 Å². The molecule has 0 aliphatic carbocycles. The van der Waals surface area contributed by atoms with E-state index in [1.54, 1.807) is 6.20 Å². The normalized spacial score (nSPS) is 14.4. The van der Waals surface area contributed by atoms with E-state index in [1.807, 2.05) is 30.3 Å². The van der Waals surface area contributed by atoms with Gasteiger partial charge in [-0.2, -0.15) is 13.2 Å². The Kier molecular flexibility index (Phi) is 10.4. The van der Waals surface area contributed by atoms with Gasteiger partial charge in [-0.25, -0.2) is 4.68 Å². The number of amides is 2. The minimum atomic E-state index is -4.42. The zero-order chi connectivity index (χ0) is 34.4. The molecule has 3 N–H and O–H groups in total. The molecule has 1 aliphatic rings. The van der Waals surface area contributed by atoms with E-state index >= 15 is 0 Å². The molecule has 0 bridgehead atoms. The SMILES string of the molecule is CO[C@H](C(=O)Nc1nnc(NC2CCN(c3nnc(NC(=O)CCc4cn(-c5ccc(C(F)(F)F)cc5)nn4)s3)CC2)s1)c1ccccc1. The molecule has 2 aromatic carbocycles. The van der Waals surface area contributed by atoms with E-state index in [0.717, 1.165) is 30.5 Å². The van der Waals surface area contributed by atoms with E-state index in [4.69, 9.17) is 4.74 Å². The highest BCUT2D eigenvalue weighted by Crippen LogP contribution is 2.31. The third-order valence-corrected chi connectivity index (χ3v) is 9.26. The molecular weight excluding hydrogens is 684 g/mol. The second-order valence-electron chi connectivity index (χ2n) is 11.0. The Balaban J connectivity index is 0.926. The number of nitrogens with zero attached hydrogens (tertiary/aromatic N) is 8. The quantitative estimate of drug-likeness (QED) is 0.160. The minimum absolute atomic E-state index is 0.106. The molecule has 4 heterocycles. The summed E-state index contributed by atoms with van der Waals surface area (Å²) < 4.78 is 45.2. The van der Waals surface area contributed by atoms with Gasteiger partial charge >= 0.3 is 6.18 Å². The van der Waals surface area contributed by atoms with Crippen LogP contribution >= 0.6 is 22.7 Å². The van der Waals surface area contributed by atoms with E-state index < -0.39 is 17.8 Å². The zero-order valence-corrected chi connectivity index (χ0v) is 27.6. The number of aromatic nitrogens is 7. The summed E-state index contributed by atoms with van der Waals surface area (Å²) in [6, 6.07) is 13.9. The van der Waals surface area contributed by atoms with Crippen molar-refractivity contribution in [3.8, 4) is 5.69 Å². The molecule has 0 saturated carbocycles. The van der Waals surface area contributed by atoms with Crippen LogP contribution in [0.4, 0.5) is 33.7 Å². The lowest BCUT2D eigenvalue weighted by Gasteiger charge is -2.31. The van der Waals surface area contributed by atoms with E-state index in [1.165, 1.54) is 46.6 Å². The Morgan fingerprint density at radius 3 is 2.33 bits per heavy atom. The lowest BCUT2D eigenvalue weighted by molar-refractivity contribution is -0.137. The van der Waals surface area contributed by atoms with Gasteiger partial charge in [0.1, 0.15) is 0 Å². The monoisotopic (exact) mass is 713 g/mol. The van der Waals surface area contributed by atoms with Crippen LogP contribution in [0, 0.1) is 0 Å². The predicted octanol–water partition coefficient (Wildman–Crippen LogP) is 4.97. The van der Waals surface area contributed by atoms with Crippen molar-refractivity contribution < 1.29 is 27.5 Å². The number of anilines is 4. The Morgan fingerprint density at radius 1 is 0.918 bits per heavy atom. The highest BCUT2D eigenvalue weighted by atomic mass is 32.1. The number of nitrogens with one attached hydrogen (secondary N) is 3. The number of rotatable bonds is 12. The fourth-order valence-electron chi connectivity index (χ4n) is 5.07. The Labute approximate surface area is 285 Å². The first-order valence-electron chi connectivity index (χ1n) is 15.1. The van der Waals surface area contributed by atoms with Gasteiger partial charge in [0.15, 0.2) is 6.10 Å². The van der Waals surface area contributed by atoms with Crippen LogP contribution in [0.25, 0.3) is 5.69 Å². The van der Waals surface area contributed by atoms with Gasteiger partial charge in [0.2, 0.25) is 26.4 Å². The summed E-state index contributed by atoms with van der Waals surface area (Å²) in [5.41, 5.74) is 0.927. The topological polar surface area (TPSA) is 165 Å². The second kappa shape index (κ2) is 15.0. The fraction of sp³-hybridized carbons (Fsp3) is 0.333. The number of ether oxygens (including phenoxy) is 1. The predicted molar refractivity (Wildman–Crippen MR) is 177 cm³/mol. The molecule has 5 aromatic rings. The molecule has 0 spiro atoms. The summed E-state index contributed by atoms with van der Waals surface area (Å²) in [6.07, 6.45) is -1.62. The first-order chi connectivity index (χ1) is 23.6. The van der Waals surface area contributed by atoms with Crippen LogP contribution in [0.2, 0.25) is 0 Å². The average molecular weight is 714 g/mol. The maximum atomic E-state index is 12.8. The summed E-state index contributed by atoms with van der Waals surface area (Å²) in [6.45, 7) is 1.42. The third kappa shape index (κ3) is 8.72. The Bertz CT molecular complexity index is 1860. The maximum Gasteiger partial charge on any atom is 0.416 e. The van der Waals surface area contributed by atoms with Crippen LogP contribution < -0.4 is 20.9 Å². The maximum absolute atomic E-state index is 12.8. The molecule has 1 saturated heterocycles. The molecule has 6 rings (SSSR count). The Hall–Kier alpha value is -5.01. The van der Waals surface area contributed by atoms with E-state index in [2.05, 4.69) is 51.6 Å². The number of hydrogen-bond donors (Lipinski definition) is 3. The number of carbonyl (C=O) groups is 2. The highest BCUT2D eigenvalue weighted by Gasteiger charge is 2.30. The number of halogens is 3. The van der Waals surface area contributed by atoms with Gasteiger partial charge < -0.3 is 20.3 Å². The highest BCUT2D eigenvalue weighted by molar-refractivity contribution is 7.19. The van der Waals surface area contributed by atoms with Crippen molar-refractivity contribution >= 4 is 55.0 Å². The van der Waals surface area contributed by atoms with Crippen molar-refractivity contribution in [2.45, 2.75) is 44.0 Å². The first-order valence-corrected chi connectivity index (χ1v) is 16.7. The van der Waals surface area contributed by atoms with Crippen LogP contribution in [0.15, 0.2) is 60.8 Å². The molecule has 1 aliphatic heterocycles. The number of carbonyl (C=O) groups excluding carboxylic acids is 2. The van der Waals surface area contributed by atoms with E-state index in [0.29, 0.717) is 45.0 Å². The van der Waals surface area contributed by atoms with Gasteiger partial charge in [0.05, 0.1) is 23.1 Å². The van der Waals surface area contributed by atoms with Crippen molar-refractivity contribution in [3.05, 3.63) is 77.6 Å². The smallest absolute Gasteiger partial charge is 0.367 e. The van der Waals surface area contributed by atoms with Crippen molar-refractivity contribution in [2.24, 2.45) is 0 Å². The molecule has 19 heteroatoms. The molecule has 49 heavy (non-hydrogen) atoms. The summed E-state index contributed by atoms with van der Waals surface area (Å²) in [5, 5.41) is 35.6. The number of methoxy groups -OCH3 is 1. The molecule has 14 nitrogen and oxygen atoms in total. The van der Waals surface area contributed by atoms with Gasteiger partial charge in [-0.05, 0) is 42.7 Å². The largest absolute Gasteiger partial charge is 0.416 e. The van der Waals surface area contributed by atoms with Crippen LogP contribution in [0.5, 0.6) is 0 Å². The van der Waals surface area contributed by atoms with E-state index in [9.17, 15) is 22.8 Å². The van der Waals surface area contributed by atoms with Crippen LogP contribution in [-0.2, 0) is 26.9 Å². The summed E-state index contributed by atoms with van der Waals surface area (Å²) in [5.74, 6) is -0.610. The van der Waals surface area contributed by atoms with Gasteiger partial charge in [0, 0.05) is 39.1 Å². The van der Waals surface area contributed by atoms with Crippen LogP contribution in [-0.4, -0.2) is 73.4 Å². The van der Waals surface area contributed by atoms with Crippen molar-refractivity contribution in [1.82, 2.24) is 35.4 Å². The lowest BCUT2D eigenvalue weighted by Crippen LogP contribution is -2.39. The average Bonchev–Trinajstić information content (AvgIpc) is 3.87.